The Hall–Kier alpha value is -1.44. The van der Waals surface area contributed by atoms with Gasteiger partial charge in [-0.15, -0.1) is 11.3 Å². The minimum absolute atomic E-state index is 0.121. The fourth-order valence-electron chi connectivity index (χ4n) is 1.99. The van der Waals surface area contributed by atoms with Crippen LogP contribution in [0.4, 0.5) is 5.69 Å². The van der Waals surface area contributed by atoms with Gasteiger partial charge in [0.05, 0.1) is 31.9 Å². The van der Waals surface area contributed by atoms with Gasteiger partial charge in [-0.3, -0.25) is 4.79 Å². The normalized spacial score (nSPS) is 18.6. The molecule has 1 atom stereocenters. The summed E-state index contributed by atoms with van der Waals surface area (Å²) in [5.41, 5.74) is 1.39. The molecule has 0 aromatic carbocycles. The monoisotopic (exact) mass is 298 g/mol. The zero-order valence-electron chi connectivity index (χ0n) is 11.5. The predicted molar refractivity (Wildman–Crippen MR) is 76.3 cm³/mol. The fraction of sp³-hybridized carbons (Fsp3) is 0.538. The first-order valence-corrected chi connectivity index (χ1v) is 7.28. The third-order valence-electron chi connectivity index (χ3n) is 3.03. The Kier molecular flexibility index (Phi) is 5.11. The van der Waals surface area contributed by atoms with E-state index < -0.39 is 5.97 Å². The van der Waals surface area contributed by atoms with Crippen molar-refractivity contribution in [3.05, 3.63) is 15.8 Å². The van der Waals surface area contributed by atoms with E-state index in [2.05, 4.69) is 10.6 Å². The fourth-order valence-corrected chi connectivity index (χ4v) is 2.91. The van der Waals surface area contributed by atoms with Gasteiger partial charge in [0.1, 0.15) is 4.88 Å². The Bertz CT molecular complexity index is 495. The number of methoxy groups -OCH3 is 1. The standard InChI is InChI=1S/C13H18N2O4S/c1-8-7-20-12(13(17)18-2)11(8)15-10(16)5-9-6-14-3-4-19-9/h7,9,14H,3-6H2,1-2H3,(H,15,16). The number of ether oxygens (including phenoxy) is 2. The highest BCUT2D eigenvalue weighted by atomic mass is 32.1. The molecule has 2 rings (SSSR count). The van der Waals surface area contributed by atoms with Crippen molar-refractivity contribution in [3.63, 3.8) is 0 Å². The molecule has 20 heavy (non-hydrogen) atoms. The van der Waals surface area contributed by atoms with Gasteiger partial charge >= 0.3 is 5.97 Å². The number of carbonyl (C=O) groups excluding carboxylic acids is 2. The maximum absolute atomic E-state index is 12.0. The molecule has 1 aromatic heterocycles. The number of anilines is 1. The topological polar surface area (TPSA) is 76.7 Å². The lowest BCUT2D eigenvalue weighted by atomic mass is 10.2. The molecule has 1 aliphatic rings. The van der Waals surface area contributed by atoms with E-state index in [-0.39, 0.29) is 18.4 Å². The van der Waals surface area contributed by atoms with E-state index in [0.717, 1.165) is 12.1 Å². The average Bonchev–Trinajstić information content (AvgIpc) is 2.80. The second-order valence-corrected chi connectivity index (χ2v) is 5.44. The van der Waals surface area contributed by atoms with Crippen LogP contribution in [0.15, 0.2) is 5.38 Å². The molecule has 1 saturated heterocycles. The number of thiophene rings is 1. The Labute approximate surface area is 121 Å². The number of amides is 1. The minimum Gasteiger partial charge on any atom is -0.465 e. The SMILES string of the molecule is COC(=O)c1scc(C)c1NC(=O)CC1CNCCO1. The summed E-state index contributed by atoms with van der Waals surface area (Å²) in [6.07, 6.45) is 0.146. The Balaban J connectivity index is 2.00. The Morgan fingerprint density at radius 3 is 3.05 bits per heavy atom. The lowest BCUT2D eigenvalue weighted by Crippen LogP contribution is -2.40. The quantitative estimate of drug-likeness (QED) is 0.816. The number of carbonyl (C=O) groups is 2. The van der Waals surface area contributed by atoms with E-state index in [0.29, 0.717) is 23.7 Å². The van der Waals surface area contributed by atoms with E-state index in [9.17, 15) is 9.59 Å². The lowest BCUT2D eigenvalue weighted by Gasteiger charge is -2.23. The van der Waals surface area contributed by atoms with E-state index in [1.807, 2.05) is 12.3 Å². The smallest absolute Gasteiger partial charge is 0.350 e. The third kappa shape index (κ3) is 3.56. The van der Waals surface area contributed by atoms with Crippen molar-refractivity contribution >= 4 is 28.9 Å². The van der Waals surface area contributed by atoms with Crippen LogP contribution in [0.2, 0.25) is 0 Å². The van der Waals surface area contributed by atoms with Crippen LogP contribution in [0.25, 0.3) is 0 Å². The highest BCUT2D eigenvalue weighted by Crippen LogP contribution is 2.28. The molecular formula is C13H18N2O4S. The van der Waals surface area contributed by atoms with Gasteiger partial charge < -0.3 is 20.1 Å². The summed E-state index contributed by atoms with van der Waals surface area (Å²) in [5, 5.41) is 7.78. The van der Waals surface area contributed by atoms with Gasteiger partial charge in [0.15, 0.2) is 0 Å². The molecule has 0 aliphatic carbocycles. The first kappa shape index (κ1) is 15.0. The molecule has 7 heteroatoms. The molecule has 1 amide bonds. The second kappa shape index (κ2) is 6.83. The van der Waals surface area contributed by atoms with Gasteiger partial charge in [0, 0.05) is 13.1 Å². The molecule has 110 valence electrons. The molecule has 2 N–H and O–H groups in total. The number of hydrogen-bond donors (Lipinski definition) is 2. The maximum Gasteiger partial charge on any atom is 0.350 e. The number of aryl methyl sites for hydroxylation is 1. The van der Waals surface area contributed by atoms with Crippen molar-refractivity contribution in [2.24, 2.45) is 0 Å². The summed E-state index contributed by atoms with van der Waals surface area (Å²) in [5.74, 6) is -0.598. The molecule has 6 nitrogen and oxygen atoms in total. The highest BCUT2D eigenvalue weighted by molar-refractivity contribution is 7.12. The molecule has 0 bridgehead atoms. The zero-order valence-corrected chi connectivity index (χ0v) is 12.3. The maximum atomic E-state index is 12.0. The van der Waals surface area contributed by atoms with E-state index in [1.165, 1.54) is 18.4 Å². The summed E-state index contributed by atoms with van der Waals surface area (Å²) >= 11 is 1.26. The lowest BCUT2D eigenvalue weighted by molar-refractivity contribution is -0.119. The molecule has 1 aromatic rings. The Morgan fingerprint density at radius 1 is 1.60 bits per heavy atom. The summed E-state index contributed by atoms with van der Waals surface area (Å²) in [6.45, 7) is 3.94. The zero-order chi connectivity index (χ0) is 14.5. The van der Waals surface area contributed by atoms with Crippen molar-refractivity contribution in [1.82, 2.24) is 5.32 Å². The van der Waals surface area contributed by atoms with E-state index in [4.69, 9.17) is 9.47 Å². The molecule has 1 aliphatic heterocycles. The van der Waals surface area contributed by atoms with Crippen LogP contribution >= 0.6 is 11.3 Å². The molecule has 2 heterocycles. The number of rotatable bonds is 4. The molecule has 1 unspecified atom stereocenters. The van der Waals surface area contributed by atoms with E-state index in [1.54, 1.807) is 0 Å². The van der Waals surface area contributed by atoms with Crippen LogP contribution in [-0.4, -0.2) is 44.8 Å². The first-order chi connectivity index (χ1) is 9.61. The van der Waals surface area contributed by atoms with Crippen LogP contribution in [0.1, 0.15) is 21.7 Å². The second-order valence-electron chi connectivity index (χ2n) is 4.56. The summed E-state index contributed by atoms with van der Waals surface area (Å²) in [4.78, 5) is 24.1. The van der Waals surface area contributed by atoms with Crippen LogP contribution in [0.3, 0.4) is 0 Å². The summed E-state index contributed by atoms with van der Waals surface area (Å²) in [6, 6.07) is 0. The molecule has 0 spiro atoms. The summed E-state index contributed by atoms with van der Waals surface area (Å²) in [7, 11) is 1.32. The van der Waals surface area contributed by atoms with Crippen molar-refractivity contribution < 1.29 is 19.1 Å². The predicted octanol–water partition coefficient (Wildman–Crippen LogP) is 1.16. The van der Waals surface area contributed by atoms with Crippen LogP contribution in [0.5, 0.6) is 0 Å². The molecule has 0 saturated carbocycles. The largest absolute Gasteiger partial charge is 0.465 e. The van der Waals surface area contributed by atoms with Crippen molar-refractivity contribution in [2.45, 2.75) is 19.4 Å². The number of esters is 1. The van der Waals surface area contributed by atoms with Gasteiger partial charge in [-0.2, -0.15) is 0 Å². The molecular weight excluding hydrogens is 280 g/mol. The van der Waals surface area contributed by atoms with Crippen molar-refractivity contribution in [1.29, 1.82) is 0 Å². The van der Waals surface area contributed by atoms with Crippen LogP contribution < -0.4 is 10.6 Å². The van der Waals surface area contributed by atoms with Gasteiger partial charge in [-0.1, -0.05) is 0 Å². The van der Waals surface area contributed by atoms with E-state index >= 15 is 0 Å². The van der Waals surface area contributed by atoms with Gasteiger partial charge in [-0.05, 0) is 17.9 Å². The van der Waals surface area contributed by atoms with Gasteiger partial charge in [0.25, 0.3) is 0 Å². The number of nitrogens with one attached hydrogen (secondary N) is 2. The van der Waals surface area contributed by atoms with Crippen molar-refractivity contribution in [2.75, 3.05) is 32.1 Å². The highest BCUT2D eigenvalue weighted by Gasteiger charge is 2.21. The molecule has 1 fully saturated rings. The minimum atomic E-state index is -0.436. The third-order valence-corrected chi connectivity index (χ3v) is 4.11. The van der Waals surface area contributed by atoms with Crippen LogP contribution in [-0.2, 0) is 14.3 Å². The van der Waals surface area contributed by atoms with Gasteiger partial charge in [-0.25, -0.2) is 4.79 Å². The number of hydrogen-bond acceptors (Lipinski definition) is 6. The Morgan fingerprint density at radius 2 is 2.40 bits per heavy atom. The summed E-state index contributed by atoms with van der Waals surface area (Å²) < 4.78 is 10.2. The average molecular weight is 298 g/mol. The van der Waals surface area contributed by atoms with Crippen molar-refractivity contribution in [3.8, 4) is 0 Å². The van der Waals surface area contributed by atoms with Crippen LogP contribution in [0, 0.1) is 6.92 Å². The first-order valence-electron chi connectivity index (χ1n) is 6.40. The van der Waals surface area contributed by atoms with Gasteiger partial charge in [0.2, 0.25) is 5.91 Å². The number of morpholine rings is 1. The molecule has 0 radical (unpaired) electrons.